The van der Waals surface area contributed by atoms with Gasteiger partial charge in [0.05, 0.1) is 0 Å². The van der Waals surface area contributed by atoms with E-state index in [2.05, 4.69) is 45.0 Å². The largest absolute Gasteiger partial charge is 0.398 e. The lowest BCUT2D eigenvalue weighted by molar-refractivity contribution is 0.590. The van der Waals surface area contributed by atoms with Crippen molar-refractivity contribution < 1.29 is 0 Å². The number of rotatable bonds is 2. The molecule has 0 aliphatic rings. The van der Waals surface area contributed by atoms with Gasteiger partial charge in [0.25, 0.3) is 0 Å². The van der Waals surface area contributed by atoms with Crippen molar-refractivity contribution in [1.29, 1.82) is 5.41 Å². The highest BCUT2D eigenvalue weighted by Gasteiger charge is 2.14. The molecule has 2 heteroatoms. The van der Waals surface area contributed by atoms with E-state index in [0.29, 0.717) is 5.69 Å². The molecule has 0 spiro atoms. The van der Waals surface area contributed by atoms with Crippen molar-refractivity contribution in [2.45, 2.75) is 33.1 Å². The van der Waals surface area contributed by atoms with Crippen LogP contribution in [0.1, 0.15) is 37.5 Å². The van der Waals surface area contributed by atoms with E-state index in [1.165, 1.54) is 17.3 Å². The zero-order chi connectivity index (χ0) is 14.9. The molecule has 0 aliphatic carbocycles. The summed E-state index contributed by atoms with van der Waals surface area (Å²) in [6, 6.07) is 12.5. The number of nitrogens with one attached hydrogen (secondary N) is 1. The van der Waals surface area contributed by atoms with Crippen molar-refractivity contribution in [2.24, 2.45) is 0 Å². The van der Waals surface area contributed by atoms with Crippen LogP contribution in [-0.2, 0) is 5.41 Å². The van der Waals surface area contributed by atoms with Crippen molar-refractivity contribution in [2.75, 3.05) is 5.73 Å². The van der Waals surface area contributed by atoms with Crippen LogP contribution < -0.4 is 5.73 Å². The molecule has 0 amide bonds. The average Bonchev–Trinajstić information content (AvgIpc) is 2.38. The minimum Gasteiger partial charge on any atom is -0.398 e. The summed E-state index contributed by atoms with van der Waals surface area (Å²) in [5, 5.41) is 7.50. The molecular weight excluding hydrogens is 244 g/mol. The smallest absolute Gasteiger partial charge is 0.0406 e. The highest BCUT2D eigenvalue weighted by molar-refractivity contribution is 5.90. The van der Waals surface area contributed by atoms with E-state index < -0.39 is 0 Å². The lowest BCUT2D eigenvalue weighted by Crippen LogP contribution is -2.10. The topological polar surface area (TPSA) is 49.9 Å². The Morgan fingerprint density at radius 1 is 1.00 bits per heavy atom. The van der Waals surface area contributed by atoms with Crippen LogP contribution in [0.3, 0.4) is 0 Å². The normalized spacial score (nSPS) is 11.4. The average molecular weight is 266 g/mol. The molecule has 104 valence electrons. The van der Waals surface area contributed by atoms with Gasteiger partial charge in [-0.15, -0.1) is 0 Å². The van der Waals surface area contributed by atoms with Crippen LogP contribution in [0, 0.1) is 12.3 Å². The molecule has 20 heavy (non-hydrogen) atoms. The number of nitrogen functional groups attached to an aromatic ring is 1. The first-order chi connectivity index (χ1) is 9.34. The monoisotopic (exact) mass is 266 g/mol. The number of benzene rings is 2. The maximum Gasteiger partial charge on any atom is 0.0406 e. The van der Waals surface area contributed by atoms with E-state index in [-0.39, 0.29) is 5.41 Å². The maximum atomic E-state index is 7.50. The fourth-order valence-electron chi connectivity index (χ4n) is 2.40. The van der Waals surface area contributed by atoms with E-state index in [1.807, 2.05) is 19.1 Å². The lowest BCUT2D eigenvalue weighted by Gasteiger charge is -2.19. The molecule has 0 radical (unpaired) electrons. The predicted molar refractivity (Wildman–Crippen MR) is 87.6 cm³/mol. The summed E-state index contributed by atoms with van der Waals surface area (Å²) in [7, 11) is 0. The van der Waals surface area contributed by atoms with Crippen LogP contribution in [0.15, 0.2) is 36.4 Å². The van der Waals surface area contributed by atoms with Crippen molar-refractivity contribution in [3.63, 3.8) is 0 Å². The third-order valence-corrected chi connectivity index (χ3v) is 3.75. The summed E-state index contributed by atoms with van der Waals surface area (Å²) in [5.41, 5.74) is 12.2. The van der Waals surface area contributed by atoms with Crippen LogP contribution in [0.2, 0.25) is 0 Å². The minimum absolute atomic E-state index is 0.162. The van der Waals surface area contributed by atoms with Gasteiger partial charge in [-0.2, -0.15) is 0 Å². The summed E-state index contributed by atoms with van der Waals surface area (Å²) in [6.45, 7) is 8.65. The first kappa shape index (κ1) is 14.3. The fourth-order valence-corrected chi connectivity index (χ4v) is 2.40. The van der Waals surface area contributed by atoms with Crippen LogP contribution in [-0.4, -0.2) is 6.21 Å². The Morgan fingerprint density at radius 2 is 1.60 bits per heavy atom. The van der Waals surface area contributed by atoms with Gasteiger partial charge in [-0.3, -0.25) is 0 Å². The number of hydrogen-bond acceptors (Lipinski definition) is 2. The molecule has 0 fully saturated rings. The van der Waals surface area contributed by atoms with E-state index in [1.54, 1.807) is 0 Å². The van der Waals surface area contributed by atoms with Gasteiger partial charge in [0.2, 0.25) is 0 Å². The van der Waals surface area contributed by atoms with E-state index in [4.69, 9.17) is 11.1 Å². The minimum atomic E-state index is 0.162. The first-order valence-electron chi connectivity index (χ1n) is 6.85. The first-order valence-corrected chi connectivity index (χ1v) is 6.85. The van der Waals surface area contributed by atoms with Crippen LogP contribution >= 0.6 is 0 Å². The third-order valence-electron chi connectivity index (χ3n) is 3.75. The summed E-state index contributed by atoms with van der Waals surface area (Å²) < 4.78 is 0. The van der Waals surface area contributed by atoms with Crippen LogP contribution in [0.5, 0.6) is 0 Å². The molecule has 2 nitrogen and oxygen atoms in total. The molecule has 0 saturated heterocycles. The fraction of sp³-hybridized carbons (Fsp3) is 0.278. The highest BCUT2D eigenvalue weighted by Crippen LogP contribution is 2.30. The van der Waals surface area contributed by atoms with Gasteiger partial charge >= 0.3 is 0 Å². The maximum absolute atomic E-state index is 7.50. The Morgan fingerprint density at radius 3 is 2.10 bits per heavy atom. The number of hydrogen-bond donors (Lipinski definition) is 2. The van der Waals surface area contributed by atoms with E-state index in [9.17, 15) is 0 Å². The molecule has 0 heterocycles. The standard InChI is InChI=1S/C18H22N2/c1-12-15(9-10-17(20)16(12)11-19)13-5-7-14(8-6-13)18(2,3)4/h5-11,19H,20H2,1-4H3. The molecule has 0 atom stereocenters. The summed E-state index contributed by atoms with van der Waals surface area (Å²) in [5.74, 6) is 0. The van der Waals surface area contributed by atoms with Crippen molar-refractivity contribution >= 4 is 11.9 Å². The molecule has 0 saturated carbocycles. The molecule has 2 aromatic rings. The van der Waals surface area contributed by atoms with E-state index >= 15 is 0 Å². The zero-order valence-corrected chi connectivity index (χ0v) is 12.6. The van der Waals surface area contributed by atoms with Gasteiger partial charge in [-0.1, -0.05) is 51.1 Å². The Bertz CT molecular complexity index is 632. The summed E-state index contributed by atoms with van der Waals surface area (Å²) in [4.78, 5) is 0. The van der Waals surface area contributed by atoms with Crippen molar-refractivity contribution in [3.8, 4) is 11.1 Å². The Labute approximate surface area is 121 Å². The van der Waals surface area contributed by atoms with Gasteiger partial charge < -0.3 is 11.1 Å². The Hall–Kier alpha value is -2.09. The van der Waals surface area contributed by atoms with Crippen LogP contribution in [0.25, 0.3) is 11.1 Å². The molecule has 2 aromatic carbocycles. The quantitative estimate of drug-likeness (QED) is 0.608. The van der Waals surface area contributed by atoms with E-state index in [0.717, 1.165) is 16.7 Å². The van der Waals surface area contributed by atoms with Gasteiger partial charge in [0, 0.05) is 17.5 Å². The molecule has 3 N–H and O–H groups in total. The van der Waals surface area contributed by atoms with Gasteiger partial charge in [-0.05, 0) is 40.7 Å². The second-order valence-electron chi connectivity index (χ2n) is 6.21. The molecule has 0 bridgehead atoms. The van der Waals surface area contributed by atoms with Gasteiger partial charge in [0.1, 0.15) is 0 Å². The Balaban J connectivity index is 2.50. The van der Waals surface area contributed by atoms with Gasteiger partial charge in [0.15, 0.2) is 0 Å². The van der Waals surface area contributed by atoms with Crippen molar-refractivity contribution in [1.82, 2.24) is 0 Å². The molecule has 0 unspecified atom stereocenters. The lowest BCUT2D eigenvalue weighted by atomic mass is 9.85. The highest BCUT2D eigenvalue weighted by atomic mass is 14.6. The summed E-state index contributed by atoms with van der Waals surface area (Å²) >= 11 is 0. The SMILES string of the molecule is Cc1c(-c2ccc(C(C)(C)C)cc2)ccc(N)c1C=N. The predicted octanol–water partition coefficient (Wildman–Crippen LogP) is 4.54. The second-order valence-corrected chi connectivity index (χ2v) is 6.21. The summed E-state index contributed by atoms with van der Waals surface area (Å²) in [6.07, 6.45) is 1.33. The molecule has 2 rings (SSSR count). The number of nitrogens with two attached hydrogens (primary N) is 1. The van der Waals surface area contributed by atoms with Crippen molar-refractivity contribution in [3.05, 3.63) is 53.1 Å². The third kappa shape index (κ3) is 2.60. The van der Waals surface area contributed by atoms with Gasteiger partial charge in [-0.25, -0.2) is 0 Å². The molecular formula is C18H22N2. The second kappa shape index (κ2) is 5.12. The van der Waals surface area contributed by atoms with Crippen LogP contribution in [0.4, 0.5) is 5.69 Å². The molecule has 0 aliphatic heterocycles. The number of anilines is 1. The molecule has 0 aromatic heterocycles. The Kier molecular flexibility index (Phi) is 3.67. The zero-order valence-electron chi connectivity index (χ0n) is 12.6.